The summed E-state index contributed by atoms with van der Waals surface area (Å²) in [6.45, 7) is 5.98. The molecule has 0 fully saturated rings. The van der Waals surface area contributed by atoms with Gasteiger partial charge in [-0.2, -0.15) is 5.26 Å². The van der Waals surface area contributed by atoms with Crippen molar-refractivity contribution in [3.63, 3.8) is 0 Å². The van der Waals surface area contributed by atoms with E-state index in [1.165, 1.54) is 0 Å². The zero-order valence-electron chi connectivity index (χ0n) is 9.82. The van der Waals surface area contributed by atoms with E-state index in [1.54, 1.807) is 11.8 Å². The smallest absolute Gasteiger partial charge is 0.187 e. The molecule has 0 radical (unpaired) electrons. The van der Waals surface area contributed by atoms with Crippen LogP contribution in [0.1, 0.15) is 23.4 Å². The van der Waals surface area contributed by atoms with Gasteiger partial charge in [-0.05, 0) is 32.8 Å². The van der Waals surface area contributed by atoms with Crippen molar-refractivity contribution in [1.82, 2.24) is 9.97 Å². The monoisotopic (exact) mass is 236 g/mol. The average Bonchev–Trinajstić information content (AvgIpc) is 2.25. The molecule has 0 spiro atoms. The van der Waals surface area contributed by atoms with Crippen LogP contribution in [0, 0.1) is 32.1 Å². The van der Waals surface area contributed by atoms with E-state index in [0.29, 0.717) is 6.42 Å². The van der Waals surface area contributed by atoms with E-state index in [4.69, 9.17) is 11.0 Å². The molecule has 0 amide bonds. The molecule has 1 heterocycles. The van der Waals surface area contributed by atoms with Gasteiger partial charge >= 0.3 is 0 Å². The third-order valence-corrected chi connectivity index (χ3v) is 3.32. The molecule has 0 aliphatic heterocycles. The fraction of sp³-hybridized carbons (Fsp3) is 0.545. The van der Waals surface area contributed by atoms with Gasteiger partial charge < -0.3 is 5.73 Å². The number of aromatic nitrogens is 2. The second kappa shape index (κ2) is 5.83. The molecule has 16 heavy (non-hydrogen) atoms. The van der Waals surface area contributed by atoms with Crippen molar-refractivity contribution < 1.29 is 0 Å². The van der Waals surface area contributed by atoms with Crippen molar-refractivity contribution in [2.24, 2.45) is 5.73 Å². The average molecular weight is 236 g/mol. The van der Waals surface area contributed by atoms with E-state index < -0.39 is 0 Å². The largest absolute Gasteiger partial charge is 0.316 e. The van der Waals surface area contributed by atoms with E-state index in [2.05, 4.69) is 9.97 Å². The first-order valence-electron chi connectivity index (χ1n) is 5.14. The lowest BCUT2D eigenvalue weighted by molar-refractivity contribution is 0.799. The number of hydrogen-bond acceptors (Lipinski definition) is 5. The number of aryl methyl sites for hydroxylation is 2. The Morgan fingerprint density at radius 1 is 1.31 bits per heavy atom. The molecule has 0 saturated carbocycles. The van der Waals surface area contributed by atoms with Crippen LogP contribution in [0.4, 0.5) is 0 Å². The number of thioether (sulfide) groups is 1. The van der Waals surface area contributed by atoms with Crippen LogP contribution in [0.5, 0.6) is 0 Å². The Kier molecular flexibility index (Phi) is 4.71. The summed E-state index contributed by atoms with van der Waals surface area (Å²) in [5.74, 6) is 0.774. The topological polar surface area (TPSA) is 75.6 Å². The molecular formula is C11H16N4S. The first-order valence-corrected chi connectivity index (χ1v) is 6.13. The van der Waals surface area contributed by atoms with E-state index in [-0.39, 0.29) is 6.04 Å². The molecule has 1 aromatic heterocycles. The maximum absolute atomic E-state index is 8.54. The molecule has 1 unspecified atom stereocenters. The van der Waals surface area contributed by atoms with Crippen molar-refractivity contribution >= 4 is 11.8 Å². The van der Waals surface area contributed by atoms with Gasteiger partial charge in [-0.15, -0.1) is 0 Å². The summed E-state index contributed by atoms with van der Waals surface area (Å²) in [7, 11) is 0. The van der Waals surface area contributed by atoms with Gasteiger partial charge in [0.2, 0.25) is 0 Å². The molecule has 4 nitrogen and oxygen atoms in total. The number of nitrogens with two attached hydrogens (primary N) is 1. The Hall–Kier alpha value is -1.12. The fourth-order valence-electron chi connectivity index (χ4n) is 1.15. The fourth-order valence-corrected chi connectivity index (χ4v) is 2.11. The summed E-state index contributed by atoms with van der Waals surface area (Å²) in [5, 5.41) is 9.31. The standard InChI is InChI=1S/C11H16N4S/c1-7-8(2)14-11(15-9(7)3)16-5-4-10(13)6-12/h10H,4-5,13H2,1-3H3. The molecule has 86 valence electrons. The number of nitriles is 1. The summed E-state index contributed by atoms with van der Waals surface area (Å²) in [5.41, 5.74) is 8.67. The third-order valence-electron chi connectivity index (χ3n) is 2.44. The van der Waals surface area contributed by atoms with E-state index in [9.17, 15) is 0 Å². The van der Waals surface area contributed by atoms with Gasteiger partial charge in [-0.3, -0.25) is 0 Å². The molecule has 2 N–H and O–H groups in total. The highest BCUT2D eigenvalue weighted by Gasteiger charge is 2.06. The van der Waals surface area contributed by atoms with Crippen LogP contribution in [0.25, 0.3) is 0 Å². The predicted octanol–water partition coefficient (Wildman–Crippen LogP) is 1.73. The summed E-state index contributed by atoms with van der Waals surface area (Å²) in [6, 6.07) is 1.62. The molecule has 0 saturated heterocycles. The van der Waals surface area contributed by atoms with E-state index in [1.807, 2.05) is 26.8 Å². The summed E-state index contributed by atoms with van der Waals surface area (Å²) in [6.07, 6.45) is 0.663. The molecule has 1 rings (SSSR count). The predicted molar refractivity (Wildman–Crippen MR) is 65.2 cm³/mol. The molecule has 0 aromatic carbocycles. The quantitative estimate of drug-likeness (QED) is 0.636. The maximum Gasteiger partial charge on any atom is 0.187 e. The molecular weight excluding hydrogens is 220 g/mol. The van der Waals surface area contributed by atoms with E-state index >= 15 is 0 Å². The minimum Gasteiger partial charge on any atom is -0.316 e. The minimum absolute atomic E-state index is 0.389. The van der Waals surface area contributed by atoms with Gasteiger partial charge in [0, 0.05) is 17.1 Å². The first-order chi connectivity index (χ1) is 7.54. The van der Waals surface area contributed by atoms with Crippen LogP contribution < -0.4 is 5.73 Å². The molecule has 0 bridgehead atoms. The number of nitrogens with zero attached hydrogens (tertiary/aromatic N) is 3. The molecule has 0 aliphatic rings. The molecule has 0 aliphatic carbocycles. The van der Waals surface area contributed by atoms with Crippen molar-refractivity contribution in [3.8, 4) is 6.07 Å². The number of hydrogen-bond donors (Lipinski definition) is 1. The minimum atomic E-state index is -0.389. The molecule has 1 aromatic rings. The van der Waals surface area contributed by atoms with Crippen LogP contribution in [0.15, 0.2) is 5.16 Å². The second-order valence-electron chi connectivity index (χ2n) is 3.67. The first kappa shape index (κ1) is 12.9. The van der Waals surface area contributed by atoms with Gasteiger partial charge in [0.05, 0.1) is 12.1 Å². The SMILES string of the molecule is Cc1nc(SCCC(N)C#N)nc(C)c1C. The van der Waals surface area contributed by atoms with Crippen LogP contribution in [-0.4, -0.2) is 21.8 Å². The molecule has 1 atom stereocenters. The van der Waals surface area contributed by atoms with Gasteiger partial charge in [-0.25, -0.2) is 9.97 Å². The summed E-state index contributed by atoms with van der Waals surface area (Å²) in [4.78, 5) is 8.77. The van der Waals surface area contributed by atoms with Crippen molar-refractivity contribution in [3.05, 3.63) is 17.0 Å². The lowest BCUT2D eigenvalue weighted by Crippen LogP contribution is -2.17. The number of rotatable bonds is 4. The van der Waals surface area contributed by atoms with E-state index in [0.717, 1.165) is 27.9 Å². The normalized spacial score (nSPS) is 12.2. The van der Waals surface area contributed by atoms with Crippen LogP contribution in [-0.2, 0) is 0 Å². The highest BCUT2D eigenvalue weighted by atomic mass is 32.2. The van der Waals surface area contributed by atoms with Crippen LogP contribution in [0.2, 0.25) is 0 Å². The Bertz CT molecular complexity index is 388. The van der Waals surface area contributed by atoms with Gasteiger partial charge in [-0.1, -0.05) is 11.8 Å². The van der Waals surface area contributed by atoms with Crippen molar-refractivity contribution in [2.45, 2.75) is 38.4 Å². The lowest BCUT2D eigenvalue weighted by atomic mass is 10.2. The zero-order valence-corrected chi connectivity index (χ0v) is 10.6. The third kappa shape index (κ3) is 3.47. The van der Waals surface area contributed by atoms with Crippen molar-refractivity contribution in [2.75, 3.05) is 5.75 Å². The Balaban J connectivity index is 2.59. The summed E-state index contributed by atoms with van der Waals surface area (Å²) >= 11 is 1.55. The Morgan fingerprint density at radius 2 is 1.88 bits per heavy atom. The second-order valence-corrected chi connectivity index (χ2v) is 4.74. The maximum atomic E-state index is 8.54. The highest BCUT2D eigenvalue weighted by molar-refractivity contribution is 7.99. The van der Waals surface area contributed by atoms with Crippen LogP contribution in [0.3, 0.4) is 0 Å². The van der Waals surface area contributed by atoms with Crippen LogP contribution >= 0.6 is 11.8 Å². The zero-order chi connectivity index (χ0) is 12.1. The van der Waals surface area contributed by atoms with Gasteiger partial charge in [0.15, 0.2) is 5.16 Å². The van der Waals surface area contributed by atoms with Gasteiger partial charge in [0.1, 0.15) is 0 Å². The molecule has 5 heteroatoms. The lowest BCUT2D eigenvalue weighted by Gasteiger charge is -2.06. The van der Waals surface area contributed by atoms with Crippen molar-refractivity contribution in [1.29, 1.82) is 5.26 Å². The highest BCUT2D eigenvalue weighted by Crippen LogP contribution is 2.17. The Morgan fingerprint density at radius 3 is 2.38 bits per heavy atom. The summed E-state index contributed by atoms with van der Waals surface area (Å²) < 4.78 is 0. The van der Waals surface area contributed by atoms with Gasteiger partial charge in [0.25, 0.3) is 0 Å². The Labute approximate surface area is 100 Å².